The number of piperidine rings is 1. The van der Waals surface area contributed by atoms with Gasteiger partial charge < -0.3 is 10.2 Å². The number of hydrogen-bond donors (Lipinski definition) is 1. The molecule has 2 saturated heterocycles. The Bertz CT molecular complexity index is 203. The number of amides is 1. The van der Waals surface area contributed by atoms with E-state index in [1.165, 1.54) is 19.3 Å². The summed E-state index contributed by atoms with van der Waals surface area (Å²) in [5.74, 6) is 1.21. The van der Waals surface area contributed by atoms with Gasteiger partial charge in [-0.2, -0.15) is 0 Å². The molecule has 0 spiro atoms. The zero-order valence-electron chi connectivity index (χ0n) is 9.04. The van der Waals surface area contributed by atoms with Crippen molar-refractivity contribution >= 4 is 5.91 Å². The molecule has 1 atom stereocenters. The van der Waals surface area contributed by atoms with Crippen molar-refractivity contribution in [2.45, 2.75) is 38.6 Å². The van der Waals surface area contributed by atoms with Crippen LogP contribution in [0, 0.1) is 5.92 Å². The molecule has 80 valence electrons. The van der Waals surface area contributed by atoms with Gasteiger partial charge in [-0.3, -0.25) is 4.79 Å². The maximum absolute atomic E-state index is 12.0. The van der Waals surface area contributed by atoms with Crippen LogP contribution >= 0.6 is 0 Å². The van der Waals surface area contributed by atoms with Crippen molar-refractivity contribution < 1.29 is 10.1 Å². The van der Waals surface area contributed by atoms with Gasteiger partial charge in [0.05, 0.1) is 6.54 Å². The Morgan fingerprint density at radius 2 is 2.00 bits per heavy atom. The number of quaternary nitrogens is 1. The van der Waals surface area contributed by atoms with E-state index in [1.807, 2.05) is 0 Å². The summed E-state index contributed by atoms with van der Waals surface area (Å²) in [4.78, 5) is 14.1. The van der Waals surface area contributed by atoms with E-state index in [4.69, 9.17) is 0 Å². The number of rotatable bonds is 1. The first kappa shape index (κ1) is 9.97. The zero-order valence-corrected chi connectivity index (χ0v) is 9.04. The summed E-state index contributed by atoms with van der Waals surface area (Å²) in [6.07, 6.45) is 4.68. The normalized spacial score (nSPS) is 29.5. The second-order valence-electron chi connectivity index (χ2n) is 4.78. The van der Waals surface area contributed by atoms with Gasteiger partial charge in [0, 0.05) is 25.9 Å². The van der Waals surface area contributed by atoms with Crippen LogP contribution < -0.4 is 5.32 Å². The standard InChI is InChI=1S/C11H20N2O/c1-9-4-7-13(8-5-9)11(14)10-3-2-6-12-10/h9-10,12H,2-8H2,1H3/p+1/t10-/m0/s1. The number of nitrogens with zero attached hydrogens (tertiary/aromatic N) is 1. The van der Waals surface area contributed by atoms with E-state index in [2.05, 4.69) is 17.1 Å². The van der Waals surface area contributed by atoms with E-state index in [1.54, 1.807) is 0 Å². The summed E-state index contributed by atoms with van der Waals surface area (Å²) in [7, 11) is 0. The monoisotopic (exact) mass is 197 g/mol. The molecule has 3 nitrogen and oxygen atoms in total. The van der Waals surface area contributed by atoms with Gasteiger partial charge in [-0.1, -0.05) is 6.92 Å². The van der Waals surface area contributed by atoms with Crippen LogP contribution in [0.1, 0.15) is 32.6 Å². The first-order chi connectivity index (χ1) is 6.77. The van der Waals surface area contributed by atoms with Crippen molar-refractivity contribution in [2.75, 3.05) is 19.6 Å². The third-order valence-electron chi connectivity index (χ3n) is 3.58. The fraction of sp³-hybridized carbons (Fsp3) is 0.909. The lowest BCUT2D eigenvalue weighted by Gasteiger charge is -2.31. The van der Waals surface area contributed by atoms with Gasteiger partial charge in [0.1, 0.15) is 0 Å². The van der Waals surface area contributed by atoms with Gasteiger partial charge in [-0.15, -0.1) is 0 Å². The molecule has 0 saturated carbocycles. The van der Waals surface area contributed by atoms with Crippen LogP contribution in [0.25, 0.3) is 0 Å². The van der Waals surface area contributed by atoms with Crippen LogP contribution in [0.3, 0.4) is 0 Å². The maximum atomic E-state index is 12.0. The highest BCUT2D eigenvalue weighted by atomic mass is 16.2. The molecular weight excluding hydrogens is 176 g/mol. The van der Waals surface area contributed by atoms with Crippen LogP contribution in [0.2, 0.25) is 0 Å². The lowest BCUT2D eigenvalue weighted by molar-refractivity contribution is -0.658. The van der Waals surface area contributed by atoms with Gasteiger partial charge in [0.15, 0.2) is 6.04 Å². The first-order valence-corrected chi connectivity index (χ1v) is 5.89. The molecule has 2 aliphatic heterocycles. The molecule has 0 aromatic heterocycles. The first-order valence-electron chi connectivity index (χ1n) is 5.89. The summed E-state index contributed by atoms with van der Waals surface area (Å²) >= 11 is 0. The minimum absolute atomic E-state index is 0.253. The van der Waals surface area contributed by atoms with E-state index in [0.29, 0.717) is 5.91 Å². The van der Waals surface area contributed by atoms with Gasteiger partial charge in [-0.05, 0) is 18.8 Å². The summed E-state index contributed by atoms with van der Waals surface area (Å²) in [5, 5.41) is 2.21. The zero-order chi connectivity index (χ0) is 9.97. The molecular formula is C11H21N2O+. The van der Waals surface area contributed by atoms with Crippen LogP contribution in [0.15, 0.2) is 0 Å². The predicted molar refractivity (Wildman–Crippen MR) is 54.8 cm³/mol. The van der Waals surface area contributed by atoms with Crippen molar-refractivity contribution in [1.29, 1.82) is 0 Å². The van der Waals surface area contributed by atoms with Crippen molar-refractivity contribution in [3.8, 4) is 0 Å². The highest BCUT2D eigenvalue weighted by Crippen LogP contribution is 2.17. The third kappa shape index (κ3) is 2.08. The summed E-state index contributed by atoms with van der Waals surface area (Å²) in [6.45, 7) is 5.40. The molecule has 0 bridgehead atoms. The maximum Gasteiger partial charge on any atom is 0.280 e. The molecule has 2 aliphatic rings. The molecule has 0 unspecified atom stereocenters. The summed E-state index contributed by atoms with van der Waals surface area (Å²) < 4.78 is 0. The van der Waals surface area contributed by atoms with E-state index < -0.39 is 0 Å². The van der Waals surface area contributed by atoms with Crippen LogP contribution in [-0.4, -0.2) is 36.5 Å². The van der Waals surface area contributed by atoms with Crippen molar-refractivity contribution in [1.82, 2.24) is 4.90 Å². The lowest BCUT2D eigenvalue weighted by Crippen LogP contribution is -2.89. The SMILES string of the molecule is CC1CCN(C(=O)[C@@H]2CCC[NH2+]2)CC1. The number of nitrogens with two attached hydrogens (primary N) is 1. The quantitative estimate of drug-likeness (QED) is 0.630. The molecule has 3 heteroatoms. The topological polar surface area (TPSA) is 36.9 Å². The molecule has 2 N–H and O–H groups in total. The number of carbonyl (C=O) groups excluding carboxylic acids is 1. The van der Waals surface area contributed by atoms with E-state index in [0.717, 1.165) is 32.0 Å². The Kier molecular flexibility index (Phi) is 3.06. The Hall–Kier alpha value is -0.570. The smallest absolute Gasteiger partial charge is 0.280 e. The molecule has 14 heavy (non-hydrogen) atoms. The van der Waals surface area contributed by atoms with Crippen LogP contribution in [0.5, 0.6) is 0 Å². The summed E-state index contributed by atoms with van der Waals surface area (Å²) in [5.41, 5.74) is 0. The van der Waals surface area contributed by atoms with Gasteiger partial charge in [-0.25, -0.2) is 0 Å². The van der Waals surface area contributed by atoms with Gasteiger partial charge in [0.2, 0.25) is 0 Å². The average molecular weight is 197 g/mol. The van der Waals surface area contributed by atoms with E-state index in [9.17, 15) is 4.79 Å². The van der Waals surface area contributed by atoms with Crippen LogP contribution in [0.4, 0.5) is 0 Å². The minimum Gasteiger partial charge on any atom is -0.338 e. The molecule has 0 aromatic carbocycles. The van der Waals surface area contributed by atoms with Crippen molar-refractivity contribution in [2.24, 2.45) is 5.92 Å². The predicted octanol–water partition coefficient (Wildman–Crippen LogP) is -0.0293. The van der Waals surface area contributed by atoms with E-state index in [-0.39, 0.29) is 6.04 Å². The van der Waals surface area contributed by atoms with Crippen molar-refractivity contribution in [3.63, 3.8) is 0 Å². The molecule has 0 aliphatic carbocycles. The molecule has 0 aromatic rings. The number of carbonyl (C=O) groups is 1. The fourth-order valence-electron chi connectivity index (χ4n) is 2.46. The molecule has 0 radical (unpaired) electrons. The summed E-state index contributed by atoms with van der Waals surface area (Å²) in [6, 6.07) is 0.253. The van der Waals surface area contributed by atoms with Crippen molar-refractivity contribution in [3.05, 3.63) is 0 Å². The highest BCUT2D eigenvalue weighted by molar-refractivity contribution is 5.80. The molecule has 1 amide bonds. The minimum atomic E-state index is 0.253. The van der Waals surface area contributed by atoms with Gasteiger partial charge in [0.25, 0.3) is 5.91 Å². The molecule has 2 rings (SSSR count). The fourth-order valence-corrected chi connectivity index (χ4v) is 2.46. The van der Waals surface area contributed by atoms with Gasteiger partial charge >= 0.3 is 0 Å². The average Bonchev–Trinajstić information content (AvgIpc) is 2.71. The number of hydrogen-bond acceptors (Lipinski definition) is 1. The molecule has 2 fully saturated rings. The van der Waals surface area contributed by atoms with E-state index >= 15 is 0 Å². The molecule has 2 heterocycles. The van der Waals surface area contributed by atoms with Crippen LogP contribution in [-0.2, 0) is 4.79 Å². The Labute approximate surface area is 85.8 Å². The second-order valence-corrected chi connectivity index (χ2v) is 4.78. The Morgan fingerprint density at radius 1 is 1.29 bits per heavy atom. The second kappa shape index (κ2) is 4.30. The Morgan fingerprint density at radius 3 is 2.57 bits per heavy atom. The number of likely N-dealkylation sites (tertiary alicyclic amines) is 1. The Balaban J connectivity index is 1.85. The largest absolute Gasteiger partial charge is 0.338 e. The lowest BCUT2D eigenvalue weighted by atomic mass is 9.98. The third-order valence-corrected chi connectivity index (χ3v) is 3.58. The highest BCUT2D eigenvalue weighted by Gasteiger charge is 2.31.